The van der Waals surface area contributed by atoms with Gasteiger partial charge in [0.25, 0.3) is 11.6 Å². The van der Waals surface area contributed by atoms with Gasteiger partial charge in [0.15, 0.2) is 0 Å². The molecule has 0 spiro atoms. The third-order valence-electron chi connectivity index (χ3n) is 2.74. The minimum atomic E-state index is -0.589. The molecule has 1 N–H and O–H groups in total. The molecule has 2 rings (SSSR count). The fourth-order valence-corrected chi connectivity index (χ4v) is 2.62. The Balaban J connectivity index is 1.94. The second-order valence-corrected chi connectivity index (χ2v) is 5.76. The Bertz CT molecular complexity index is 687. The van der Waals surface area contributed by atoms with E-state index in [1.54, 1.807) is 11.3 Å². The summed E-state index contributed by atoms with van der Waals surface area (Å²) in [6, 6.07) is 3.90. The Labute approximate surface area is 129 Å². The van der Waals surface area contributed by atoms with Crippen LogP contribution in [0, 0.1) is 17.0 Å². The topological polar surface area (TPSA) is 85.1 Å². The molecule has 0 atom stereocenters. The number of aryl methyl sites for hydroxylation is 1. The normalized spacial score (nSPS) is 10.4. The van der Waals surface area contributed by atoms with Gasteiger partial charge in [0.05, 0.1) is 15.6 Å². The number of nitro benzene ring substituents is 1. The molecule has 0 aliphatic rings. The van der Waals surface area contributed by atoms with Crippen molar-refractivity contribution in [1.29, 1.82) is 0 Å². The first-order valence-corrected chi connectivity index (χ1v) is 7.36. The third-order valence-corrected chi connectivity index (χ3v) is 3.86. The summed E-state index contributed by atoms with van der Waals surface area (Å²) in [5, 5.41) is 16.3. The quantitative estimate of drug-likeness (QED) is 0.676. The molecule has 0 unspecified atom stereocenters. The summed E-state index contributed by atoms with van der Waals surface area (Å²) in [4.78, 5) is 26.3. The lowest BCUT2D eigenvalue weighted by Gasteiger charge is -2.04. The van der Waals surface area contributed by atoms with Gasteiger partial charge >= 0.3 is 0 Å². The van der Waals surface area contributed by atoms with Crippen LogP contribution in [-0.4, -0.2) is 22.4 Å². The van der Waals surface area contributed by atoms with Crippen LogP contribution in [0.25, 0.3) is 0 Å². The minimum Gasteiger partial charge on any atom is -0.352 e. The maximum atomic E-state index is 11.9. The van der Waals surface area contributed by atoms with Crippen LogP contribution in [0.2, 0.25) is 5.02 Å². The van der Waals surface area contributed by atoms with Crippen molar-refractivity contribution >= 4 is 34.5 Å². The van der Waals surface area contributed by atoms with Gasteiger partial charge in [0.2, 0.25) is 0 Å². The Morgan fingerprint density at radius 1 is 1.52 bits per heavy atom. The highest BCUT2D eigenvalue weighted by Crippen LogP contribution is 2.24. The van der Waals surface area contributed by atoms with Crippen LogP contribution in [0.5, 0.6) is 0 Å². The Kier molecular flexibility index (Phi) is 4.87. The summed E-state index contributed by atoms with van der Waals surface area (Å²) in [5.41, 5.74) is 1.01. The average Bonchev–Trinajstić information content (AvgIpc) is 2.83. The molecule has 0 fully saturated rings. The van der Waals surface area contributed by atoms with E-state index >= 15 is 0 Å². The molecule has 110 valence electrons. The van der Waals surface area contributed by atoms with Gasteiger partial charge in [-0.15, -0.1) is 11.3 Å². The first-order valence-electron chi connectivity index (χ1n) is 6.10. The van der Waals surface area contributed by atoms with Crippen molar-refractivity contribution in [1.82, 2.24) is 10.3 Å². The maximum absolute atomic E-state index is 11.9. The molecule has 1 heterocycles. The summed E-state index contributed by atoms with van der Waals surface area (Å²) >= 11 is 7.33. The lowest BCUT2D eigenvalue weighted by atomic mass is 10.2. The number of halogens is 1. The minimum absolute atomic E-state index is 0.0530. The molecule has 0 aliphatic carbocycles. The van der Waals surface area contributed by atoms with Crippen molar-refractivity contribution in [3.05, 3.63) is 55.0 Å². The molecule has 0 bridgehead atoms. The molecule has 8 heteroatoms. The van der Waals surface area contributed by atoms with Crippen molar-refractivity contribution < 1.29 is 9.72 Å². The molecule has 0 saturated heterocycles. The van der Waals surface area contributed by atoms with Crippen molar-refractivity contribution in [2.45, 2.75) is 13.3 Å². The number of hydrogen-bond acceptors (Lipinski definition) is 5. The number of aromatic nitrogens is 1. The van der Waals surface area contributed by atoms with Crippen LogP contribution in [0.15, 0.2) is 23.6 Å². The highest BCUT2D eigenvalue weighted by Gasteiger charge is 2.15. The standard InChI is InChI=1S/C13H12ClN3O3S/c1-8-16-10(7-21-8)4-5-15-13(18)9-2-3-12(17(19)20)11(14)6-9/h2-3,6-7H,4-5H2,1H3,(H,15,18). The number of benzene rings is 1. The lowest BCUT2D eigenvalue weighted by Crippen LogP contribution is -2.25. The molecule has 1 aromatic heterocycles. The van der Waals surface area contributed by atoms with E-state index in [2.05, 4.69) is 10.3 Å². The predicted molar refractivity (Wildman–Crippen MR) is 81.0 cm³/mol. The van der Waals surface area contributed by atoms with Crippen LogP contribution < -0.4 is 5.32 Å². The number of nitro groups is 1. The summed E-state index contributed by atoms with van der Waals surface area (Å²) in [7, 11) is 0. The smallest absolute Gasteiger partial charge is 0.287 e. The summed E-state index contributed by atoms with van der Waals surface area (Å²) in [5.74, 6) is -0.321. The summed E-state index contributed by atoms with van der Waals surface area (Å²) in [6.07, 6.45) is 0.636. The Hall–Kier alpha value is -1.99. The molecule has 2 aromatic rings. The van der Waals surface area contributed by atoms with Gasteiger partial charge in [-0.3, -0.25) is 14.9 Å². The van der Waals surface area contributed by atoms with Gasteiger partial charge in [0.1, 0.15) is 5.02 Å². The second-order valence-electron chi connectivity index (χ2n) is 4.29. The van der Waals surface area contributed by atoms with Crippen LogP contribution in [0.4, 0.5) is 5.69 Å². The largest absolute Gasteiger partial charge is 0.352 e. The zero-order valence-corrected chi connectivity index (χ0v) is 12.7. The van der Waals surface area contributed by atoms with Gasteiger partial charge < -0.3 is 5.32 Å². The molecule has 0 radical (unpaired) electrons. The summed E-state index contributed by atoms with van der Waals surface area (Å²) < 4.78 is 0. The van der Waals surface area contributed by atoms with E-state index in [-0.39, 0.29) is 16.6 Å². The first-order chi connectivity index (χ1) is 9.97. The van der Waals surface area contributed by atoms with Crippen LogP contribution in [0.1, 0.15) is 21.1 Å². The Morgan fingerprint density at radius 3 is 2.86 bits per heavy atom. The van der Waals surface area contributed by atoms with E-state index in [1.165, 1.54) is 18.2 Å². The summed E-state index contributed by atoms with van der Waals surface area (Å²) in [6.45, 7) is 2.36. The number of rotatable bonds is 5. The van der Waals surface area contributed by atoms with E-state index in [9.17, 15) is 14.9 Å². The molecule has 6 nitrogen and oxygen atoms in total. The number of nitrogens with zero attached hydrogens (tertiary/aromatic N) is 2. The van der Waals surface area contributed by atoms with E-state index in [1.807, 2.05) is 12.3 Å². The van der Waals surface area contributed by atoms with E-state index in [0.717, 1.165) is 10.7 Å². The first kappa shape index (κ1) is 15.4. The van der Waals surface area contributed by atoms with Crippen molar-refractivity contribution in [2.75, 3.05) is 6.54 Å². The molecular formula is C13H12ClN3O3S. The zero-order chi connectivity index (χ0) is 15.4. The molecule has 0 aliphatic heterocycles. The second kappa shape index (κ2) is 6.64. The van der Waals surface area contributed by atoms with Crippen LogP contribution in [0.3, 0.4) is 0 Å². The number of carbonyl (C=O) groups excluding carboxylic acids is 1. The van der Waals surface area contributed by atoms with Gasteiger partial charge in [0, 0.05) is 30.0 Å². The molecule has 21 heavy (non-hydrogen) atoms. The SMILES string of the molecule is Cc1nc(CCNC(=O)c2ccc([N+](=O)[O-])c(Cl)c2)cs1. The van der Waals surface area contributed by atoms with Gasteiger partial charge in [-0.05, 0) is 19.1 Å². The monoisotopic (exact) mass is 325 g/mol. The van der Waals surface area contributed by atoms with Crippen molar-refractivity contribution in [3.8, 4) is 0 Å². The molecule has 1 amide bonds. The van der Waals surface area contributed by atoms with Crippen molar-refractivity contribution in [2.24, 2.45) is 0 Å². The van der Waals surface area contributed by atoms with Gasteiger partial charge in [-0.2, -0.15) is 0 Å². The molecule has 0 saturated carbocycles. The fraction of sp³-hybridized carbons (Fsp3) is 0.231. The molecular weight excluding hydrogens is 314 g/mol. The van der Waals surface area contributed by atoms with Gasteiger partial charge in [-0.25, -0.2) is 4.98 Å². The van der Waals surface area contributed by atoms with E-state index in [0.29, 0.717) is 18.5 Å². The Morgan fingerprint density at radius 2 is 2.29 bits per heavy atom. The number of carbonyl (C=O) groups is 1. The average molecular weight is 326 g/mol. The zero-order valence-electron chi connectivity index (χ0n) is 11.1. The number of hydrogen-bond donors (Lipinski definition) is 1. The highest BCUT2D eigenvalue weighted by atomic mass is 35.5. The lowest BCUT2D eigenvalue weighted by molar-refractivity contribution is -0.384. The van der Waals surface area contributed by atoms with Gasteiger partial charge in [-0.1, -0.05) is 11.6 Å². The number of nitrogens with one attached hydrogen (secondary N) is 1. The van der Waals surface area contributed by atoms with Crippen molar-refractivity contribution in [3.63, 3.8) is 0 Å². The van der Waals surface area contributed by atoms with E-state index < -0.39 is 4.92 Å². The van der Waals surface area contributed by atoms with Crippen LogP contribution in [-0.2, 0) is 6.42 Å². The number of thiazole rings is 1. The third kappa shape index (κ3) is 3.99. The molecule has 1 aromatic carbocycles. The van der Waals surface area contributed by atoms with Crippen LogP contribution >= 0.6 is 22.9 Å². The van der Waals surface area contributed by atoms with E-state index in [4.69, 9.17) is 11.6 Å². The predicted octanol–water partition coefficient (Wildman–Crippen LogP) is 2.99. The fourth-order valence-electron chi connectivity index (χ4n) is 1.73. The maximum Gasteiger partial charge on any atom is 0.287 e. The highest BCUT2D eigenvalue weighted by molar-refractivity contribution is 7.09. The number of amides is 1.